The molecule has 5 rings (SSSR count). The average Bonchev–Trinajstić information content (AvgIpc) is 3.00. The molecule has 2 aromatic rings. The highest BCUT2D eigenvalue weighted by atomic mass is 32.2. The van der Waals surface area contributed by atoms with Crippen molar-refractivity contribution < 1.29 is 17.2 Å². The van der Waals surface area contributed by atoms with Crippen molar-refractivity contribution >= 4 is 26.8 Å². The van der Waals surface area contributed by atoms with Crippen LogP contribution >= 0.6 is 0 Å². The molecule has 166 valence electrons. The van der Waals surface area contributed by atoms with E-state index >= 15 is 0 Å². The van der Waals surface area contributed by atoms with E-state index < -0.39 is 21.5 Å². The van der Waals surface area contributed by atoms with Crippen molar-refractivity contribution in [2.24, 2.45) is 7.05 Å². The minimum absolute atomic E-state index is 0.227. The van der Waals surface area contributed by atoms with E-state index in [1.807, 2.05) is 0 Å². The van der Waals surface area contributed by atoms with Gasteiger partial charge in [0.05, 0.1) is 28.7 Å². The molecule has 0 spiro atoms. The van der Waals surface area contributed by atoms with E-state index in [-0.39, 0.29) is 23.0 Å². The molecule has 0 bridgehead atoms. The largest absolute Gasteiger partial charge is 0.384 e. The van der Waals surface area contributed by atoms with Crippen LogP contribution in [0.1, 0.15) is 17.5 Å². The predicted octanol–water partition coefficient (Wildman–Crippen LogP) is 2.58. The molecule has 0 fully saturated rings. The van der Waals surface area contributed by atoms with Gasteiger partial charge in [-0.15, -0.1) is 0 Å². The van der Waals surface area contributed by atoms with Crippen molar-refractivity contribution in [2.75, 3.05) is 23.5 Å². The lowest BCUT2D eigenvalue weighted by Crippen LogP contribution is -2.39. The van der Waals surface area contributed by atoms with Crippen LogP contribution in [0.3, 0.4) is 0 Å². The zero-order chi connectivity index (χ0) is 22.8. The fourth-order valence-electron chi connectivity index (χ4n) is 4.74. The second kappa shape index (κ2) is 7.16. The molecule has 1 atom stereocenters. The van der Waals surface area contributed by atoms with Crippen LogP contribution in [0.5, 0.6) is 0 Å². The summed E-state index contributed by atoms with van der Waals surface area (Å²) in [6.07, 6.45) is 6.92. The standard InChI is InChI=1S/C23H21F2N3O3S/c1-27-8-6-16-14(12-32(2,30)31)9-13-11-28(18-4-3-15(24)10-17(18)25)19-5-7-26-22(20(13)19)21(16)23(27)29/h3-4,6,8-11,19,26H,5,7,12H2,1-2H3. The summed E-state index contributed by atoms with van der Waals surface area (Å²) in [5, 5.41) is 3.33. The molecule has 1 N–H and O–H groups in total. The zero-order valence-corrected chi connectivity index (χ0v) is 18.3. The summed E-state index contributed by atoms with van der Waals surface area (Å²) in [6.45, 7) is 0.544. The number of rotatable bonds is 3. The molecule has 6 nitrogen and oxygen atoms in total. The molecular formula is C23H21F2N3O3S. The SMILES string of the molecule is Cn1ccc2c(c1=O)C1=C3C(=CN(c4ccc(F)cc4F)C3CCN1)C=C2CS(C)(=O)=O. The number of pyridine rings is 1. The fourth-order valence-corrected chi connectivity index (χ4v) is 5.54. The Morgan fingerprint density at radius 3 is 2.72 bits per heavy atom. The number of hydrogen-bond acceptors (Lipinski definition) is 5. The van der Waals surface area contributed by atoms with Crippen molar-refractivity contribution in [3.63, 3.8) is 0 Å². The van der Waals surface area contributed by atoms with Crippen molar-refractivity contribution in [1.82, 2.24) is 9.88 Å². The third-order valence-corrected chi connectivity index (χ3v) is 6.88. The minimum atomic E-state index is -3.39. The second-order valence-corrected chi connectivity index (χ2v) is 10.5. The number of fused-ring (bicyclic) bond motifs is 2. The number of sulfone groups is 1. The molecule has 1 unspecified atom stereocenters. The molecule has 0 saturated heterocycles. The molecule has 2 aliphatic heterocycles. The highest BCUT2D eigenvalue weighted by molar-refractivity contribution is 7.91. The van der Waals surface area contributed by atoms with Crippen LogP contribution in [0.4, 0.5) is 14.5 Å². The Kier molecular flexibility index (Phi) is 4.63. The number of nitrogens with one attached hydrogen (secondary N) is 1. The number of aryl methyl sites for hydroxylation is 1. The van der Waals surface area contributed by atoms with Gasteiger partial charge in [-0.2, -0.15) is 0 Å². The smallest absolute Gasteiger partial charge is 0.260 e. The van der Waals surface area contributed by atoms with E-state index in [1.54, 1.807) is 36.5 Å². The highest BCUT2D eigenvalue weighted by Crippen LogP contribution is 2.44. The van der Waals surface area contributed by atoms with Gasteiger partial charge in [0.2, 0.25) is 0 Å². The Balaban J connectivity index is 1.78. The number of allylic oxidation sites excluding steroid dienone is 1. The number of nitrogens with zero attached hydrogens (tertiary/aromatic N) is 2. The van der Waals surface area contributed by atoms with E-state index in [0.29, 0.717) is 40.9 Å². The van der Waals surface area contributed by atoms with Gasteiger partial charge >= 0.3 is 0 Å². The van der Waals surface area contributed by atoms with Crippen LogP contribution in [0.2, 0.25) is 0 Å². The fraction of sp³-hybridized carbons (Fsp3) is 0.261. The number of hydrogen-bond donors (Lipinski definition) is 1. The predicted molar refractivity (Wildman–Crippen MR) is 120 cm³/mol. The Hall–Kier alpha value is -3.20. The molecule has 32 heavy (non-hydrogen) atoms. The zero-order valence-electron chi connectivity index (χ0n) is 17.5. The molecule has 1 aliphatic carbocycles. The Morgan fingerprint density at radius 1 is 1.22 bits per heavy atom. The maximum Gasteiger partial charge on any atom is 0.260 e. The molecule has 1 aromatic heterocycles. The number of anilines is 1. The summed E-state index contributed by atoms with van der Waals surface area (Å²) in [4.78, 5) is 14.9. The molecule has 0 radical (unpaired) electrons. The Labute approximate surface area is 184 Å². The summed E-state index contributed by atoms with van der Waals surface area (Å²) in [6, 6.07) is 4.92. The van der Waals surface area contributed by atoms with Gasteiger partial charge < -0.3 is 14.8 Å². The average molecular weight is 458 g/mol. The number of benzene rings is 1. The third kappa shape index (κ3) is 3.28. The van der Waals surface area contributed by atoms with Gasteiger partial charge in [-0.3, -0.25) is 4.79 Å². The quantitative estimate of drug-likeness (QED) is 0.767. The van der Waals surface area contributed by atoms with Crippen molar-refractivity contribution in [3.8, 4) is 0 Å². The summed E-state index contributed by atoms with van der Waals surface area (Å²) in [7, 11) is -1.75. The van der Waals surface area contributed by atoms with Crippen LogP contribution < -0.4 is 15.8 Å². The molecular weight excluding hydrogens is 436 g/mol. The van der Waals surface area contributed by atoms with Crippen molar-refractivity contribution in [1.29, 1.82) is 0 Å². The highest BCUT2D eigenvalue weighted by Gasteiger charge is 2.39. The first-order valence-corrected chi connectivity index (χ1v) is 12.2. The Morgan fingerprint density at radius 2 is 2.00 bits per heavy atom. The second-order valence-electron chi connectivity index (χ2n) is 8.37. The van der Waals surface area contributed by atoms with Gasteiger partial charge in [0, 0.05) is 43.9 Å². The van der Waals surface area contributed by atoms with E-state index in [9.17, 15) is 22.0 Å². The molecule has 0 saturated carbocycles. The lowest BCUT2D eigenvalue weighted by Gasteiger charge is -2.32. The molecule has 1 aromatic carbocycles. The van der Waals surface area contributed by atoms with Gasteiger partial charge in [0.15, 0.2) is 9.84 Å². The monoisotopic (exact) mass is 457 g/mol. The van der Waals surface area contributed by atoms with E-state index in [1.165, 1.54) is 16.7 Å². The van der Waals surface area contributed by atoms with Crippen LogP contribution in [-0.4, -0.2) is 37.6 Å². The van der Waals surface area contributed by atoms with Crippen LogP contribution in [0.15, 0.2) is 58.7 Å². The van der Waals surface area contributed by atoms with Crippen LogP contribution in [0, 0.1) is 11.6 Å². The third-order valence-electron chi connectivity index (χ3n) is 6.05. The molecule has 9 heteroatoms. The first kappa shape index (κ1) is 20.7. The van der Waals surface area contributed by atoms with Crippen molar-refractivity contribution in [2.45, 2.75) is 12.5 Å². The van der Waals surface area contributed by atoms with Crippen LogP contribution in [-0.2, 0) is 16.9 Å². The lowest BCUT2D eigenvalue weighted by atomic mass is 9.92. The summed E-state index contributed by atoms with van der Waals surface area (Å²) in [5.74, 6) is -1.58. The number of aromatic nitrogens is 1. The van der Waals surface area contributed by atoms with Gasteiger partial charge in [-0.1, -0.05) is 0 Å². The van der Waals surface area contributed by atoms with E-state index in [2.05, 4.69) is 5.32 Å². The topological polar surface area (TPSA) is 71.4 Å². The van der Waals surface area contributed by atoms with Crippen molar-refractivity contribution in [3.05, 3.63) is 87.0 Å². The maximum atomic E-state index is 14.6. The van der Waals surface area contributed by atoms with Gasteiger partial charge in [0.25, 0.3) is 5.56 Å². The first-order valence-electron chi connectivity index (χ1n) is 10.2. The van der Waals surface area contributed by atoms with Gasteiger partial charge in [-0.25, -0.2) is 17.2 Å². The number of halogens is 2. The molecule has 3 aliphatic rings. The van der Waals surface area contributed by atoms with Gasteiger partial charge in [-0.05, 0) is 47.4 Å². The first-order chi connectivity index (χ1) is 15.1. The summed E-state index contributed by atoms with van der Waals surface area (Å²) >= 11 is 0. The van der Waals surface area contributed by atoms with Gasteiger partial charge in [0.1, 0.15) is 11.6 Å². The Bertz CT molecular complexity index is 1420. The molecule has 3 heterocycles. The normalized spacial score (nSPS) is 19.6. The summed E-state index contributed by atoms with van der Waals surface area (Å²) in [5.41, 5.74) is 3.62. The maximum absolute atomic E-state index is 14.6. The van der Waals surface area contributed by atoms with E-state index in [4.69, 9.17) is 0 Å². The van der Waals surface area contributed by atoms with E-state index in [0.717, 1.165) is 17.9 Å². The minimum Gasteiger partial charge on any atom is -0.384 e. The molecule has 0 amide bonds. The summed E-state index contributed by atoms with van der Waals surface area (Å²) < 4.78 is 54.0. The lowest BCUT2D eigenvalue weighted by molar-refractivity contribution is 0.573. The van der Waals surface area contributed by atoms with Crippen LogP contribution in [0.25, 0.3) is 11.3 Å².